The van der Waals surface area contributed by atoms with Crippen molar-refractivity contribution >= 4 is 11.3 Å². The first-order chi connectivity index (χ1) is 11.7. The molecule has 1 aromatic carbocycles. The van der Waals surface area contributed by atoms with Crippen molar-refractivity contribution in [2.24, 2.45) is 7.05 Å². The van der Waals surface area contributed by atoms with E-state index in [9.17, 15) is 0 Å². The molecule has 4 rings (SSSR count). The lowest BCUT2D eigenvalue weighted by Gasteiger charge is -2.07. The van der Waals surface area contributed by atoms with Gasteiger partial charge in [-0.3, -0.25) is 4.68 Å². The number of rotatable bonds is 4. The maximum Gasteiger partial charge on any atom is 0.255 e. The normalized spacial score (nSPS) is 11.0. The number of hydrogen-bond donors (Lipinski definition) is 1. The van der Waals surface area contributed by atoms with Crippen molar-refractivity contribution in [2.45, 2.75) is 6.61 Å². The number of aryl methyl sites for hydroxylation is 1. The highest BCUT2D eigenvalue weighted by Gasteiger charge is 2.13. The minimum atomic E-state index is 0.173. The Bertz CT molecular complexity index is 991. The van der Waals surface area contributed by atoms with E-state index in [-0.39, 0.29) is 12.5 Å². The Kier molecular flexibility index (Phi) is 3.30. The van der Waals surface area contributed by atoms with Crippen LogP contribution in [-0.4, -0.2) is 34.6 Å². The third kappa shape index (κ3) is 2.51. The highest BCUT2D eigenvalue weighted by molar-refractivity contribution is 5.62. The van der Waals surface area contributed by atoms with E-state index >= 15 is 0 Å². The van der Waals surface area contributed by atoms with Crippen LogP contribution in [0.5, 0.6) is 5.88 Å². The Labute approximate surface area is 136 Å². The number of ether oxygens (including phenoxy) is 1. The van der Waals surface area contributed by atoms with E-state index in [2.05, 4.69) is 25.4 Å². The summed E-state index contributed by atoms with van der Waals surface area (Å²) in [7, 11) is 1.79. The number of hydrogen-bond acceptors (Lipinski definition) is 7. The molecule has 4 aromatic rings. The quantitative estimate of drug-likeness (QED) is 0.598. The van der Waals surface area contributed by atoms with Gasteiger partial charge in [0.2, 0.25) is 0 Å². The van der Waals surface area contributed by atoms with Crippen molar-refractivity contribution in [3.63, 3.8) is 0 Å². The molecular formula is C15H14N8O. The molecule has 0 saturated heterocycles. The van der Waals surface area contributed by atoms with Crippen LogP contribution in [0.25, 0.3) is 17.0 Å². The van der Waals surface area contributed by atoms with E-state index < -0.39 is 0 Å². The predicted octanol–water partition coefficient (Wildman–Crippen LogP) is 1.08. The highest BCUT2D eigenvalue weighted by atomic mass is 16.5. The van der Waals surface area contributed by atoms with Crippen LogP contribution >= 0.6 is 0 Å². The van der Waals surface area contributed by atoms with Crippen molar-refractivity contribution in [1.82, 2.24) is 34.6 Å². The van der Waals surface area contributed by atoms with Crippen molar-refractivity contribution < 1.29 is 4.74 Å². The van der Waals surface area contributed by atoms with Crippen LogP contribution in [0, 0.1) is 0 Å². The van der Waals surface area contributed by atoms with E-state index in [0.717, 1.165) is 5.56 Å². The molecule has 0 radical (unpaired) electrons. The summed E-state index contributed by atoms with van der Waals surface area (Å²) in [5, 5.41) is 16.9. The zero-order chi connectivity index (χ0) is 16.5. The molecular weight excluding hydrogens is 308 g/mol. The molecule has 9 nitrogen and oxygen atoms in total. The summed E-state index contributed by atoms with van der Waals surface area (Å²) in [6, 6.07) is 11.3. The van der Waals surface area contributed by atoms with Gasteiger partial charge >= 0.3 is 0 Å². The Hall–Kier alpha value is -3.49. The van der Waals surface area contributed by atoms with Crippen LogP contribution < -0.4 is 10.5 Å². The monoisotopic (exact) mass is 322 g/mol. The van der Waals surface area contributed by atoms with Gasteiger partial charge in [-0.05, 0) is 0 Å². The maximum absolute atomic E-state index is 5.99. The van der Waals surface area contributed by atoms with Gasteiger partial charge in [0.1, 0.15) is 12.0 Å². The van der Waals surface area contributed by atoms with Gasteiger partial charge in [0.15, 0.2) is 23.9 Å². The summed E-state index contributed by atoms with van der Waals surface area (Å²) < 4.78 is 8.86. The summed E-state index contributed by atoms with van der Waals surface area (Å²) in [5.41, 5.74) is 7.82. The first-order valence-electron chi connectivity index (χ1n) is 7.25. The maximum atomic E-state index is 5.99. The second kappa shape index (κ2) is 5.61. The fraction of sp³-hybridized carbons (Fsp3) is 0.133. The number of benzene rings is 1. The molecule has 3 aromatic heterocycles. The molecule has 3 heterocycles. The molecule has 0 bridgehead atoms. The molecule has 0 atom stereocenters. The van der Waals surface area contributed by atoms with Crippen molar-refractivity contribution in [2.75, 3.05) is 5.73 Å². The Morgan fingerprint density at radius 2 is 1.96 bits per heavy atom. The fourth-order valence-electron chi connectivity index (χ4n) is 2.29. The highest BCUT2D eigenvalue weighted by Crippen LogP contribution is 2.23. The molecule has 0 spiro atoms. The Morgan fingerprint density at radius 1 is 1.12 bits per heavy atom. The van der Waals surface area contributed by atoms with Crippen LogP contribution in [0.15, 0.2) is 42.7 Å². The number of nitrogens with two attached hydrogens (primary N) is 1. The molecule has 120 valence electrons. The number of aromatic nitrogens is 7. The molecule has 0 aliphatic heterocycles. The van der Waals surface area contributed by atoms with E-state index in [1.54, 1.807) is 28.6 Å². The second-order valence-corrected chi connectivity index (χ2v) is 5.19. The number of nitrogen functional groups attached to an aromatic ring is 1. The van der Waals surface area contributed by atoms with Crippen LogP contribution in [-0.2, 0) is 13.7 Å². The average Bonchev–Trinajstić information content (AvgIpc) is 3.19. The third-order valence-electron chi connectivity index (χ3n) is 3.40. The topological polar surface area (TPSA) is 109 Å². The van der Waals surface area contributed by atoms with E-state index in [0.29, 0.717) is 23.0 Å². The standard InChI is InChI=1S/C15H14N8O/c1-22-9-17-12(20-22)8-24-15-11(16)7-13-18-19-14(23(13)21-15)10-5-3-2-4-6-10/h2-7,9H,8,16H2,1H3. The van der Waals surface area contributed by atoms with Crippen molar-refractivity contribution in [1.29, 1.82) is 0 Å². The number of anilines is 1. The van der Waals surface area contributed by atoms with E-state index in [1.165, 1.54) is 0 Å². The molecule has 0 fully saturated rings. The number of nitrogens with zero attached hydrogens (tertiary/aromatic N) is 7. The SMILES string of the molecule is Cn1cnc(COc2nn3c(-c4ccccc4)nnc3cc2N)n1. The van der Waals surface area contributed by atoms with Crippen LogP contribution in [0.1, 0.15) is 5.82 Å². The summed E-state index contributed by atoms with van der Waals surface area (Å²) in [5.74, 6) is 1.45. The van der Waals surface area contributed by atoms with Gasteiger partial charge in [0.25, 0.3) is 5.88 Å². The Balaban J connectivity index is 1.69. The van der Waals surface area contributed by atoms with Crippen LogP contribution in [0.3, 0.4) is 0 Å². The first kappa shape index (κ1) is 14.1. The smallest absolute Gasteiger partial charge is 0.255 e. The van der Waals surface area contributed by atoms with Gasteiger partial charge < -0.3 is 10.5 Å². The summed E-state index contributed by atoms with van der Waals surface area (Å²) in [4.78, 5) is 4.10. The van der Waals surface area contributed by atoms with Gasteiger partial charge in [-0.25, -0.2) is 4.98 Å². The molecule has 24 heavy (non-hydrogen) atoms. The lowest BCUT2D eigenvalue weighted by Crippen LogP contribution is -2.06. The first-order valence-corrected chi connectivity index (χ1v) is 7.25. The van der Waals surface area contributed by atoms with Gasteiger partial charge in [-0.1, -0.05) is 30.3 Å². The third-order valence-corrected chi connectivity index (χ3v) is 3.40. The minimum Gasteiger partial charge on any atom is -0.467 e. The lowest BCUT2D eigenvalue weighted by molar-refractivity contribution is 0.281. The van der Waals surface area contributed by atoms with Gasteiger partial charge in [-0.2, -0.15) is 9.61 Å². The van der Waals surface area contributed by atoms with Crippen molar-refractivity contribution in [3.8, 4) is 17.3 Å². The molecule has 0 aliphatic rings. The predicted molar refractivity (Wildman–Crippen MR) is 86.0 cm³/mol. The van der Waals surface area contributed by atoms with Crippen LogP contribution in [0.2, 0.25) is 0 Å². The van der Waals surface area contributed by atoms with Gasteiger partial charge in [0, 0.05) is 18.7 Å². The Morgan fingerprint density at radius 3 is 2.71 bits per heavy atom. The summed E-state index contributed by atoms with van der Waals surface area (Å²) >= 11 is 0. The molecule has 0 unspecified atom stereocenters. The number of fused-ring (bicyclic) bond motifs is 1. The molecule has 9 heteroatoms. The zero-order valence-corrected chi connectivity index (χ0v) is 12.9. The molecule has 0 amide bonds. The average molecular weight is 322 g/mol. The van der Waals surface area contributed by atoms with Crippen molar-refractivity contribution in [3.05, 3.63) is 48.5 Å². The summed E-state index contributed by atoms with van der Waals surface area (Å²) in [6.45, 7) is 0.173. The summed E-state index contributed by atoms with van der Waals surface area (Å²) in [6.07, 6.45) is 1.60. The molecule has 0 aliphatic carbocycles. The zero-order valence-electron chi connectivity index (χ0n) is 12.9. The molecule has 0 saturated carbocycles. The lowest BCUT2D eigenvalue weighted by atomic mass is 10.2. The fourth-order valence-corrected chi connectivity index (χ4v) is 2.29. The minimum absolute atomic E-state index is 0.173. The van der Waals surface area contributed by atoms with Gasteiger partial charge in [0.05, 0.1) is 0 Å². The van der Waals surface area contributed by atoms with E-state index in [4.69, 9.17) is 10.5 Å². The van der Waals surface area contributed by atoms with E-state index in [1.807, 2.05) is 30.3 Å². The molecule has 2 N–H and O–H groups in total. The largest absolute Gasteiger partial charge is 0.467 e. The van der Waals surface area contributed by atoms with Gasteiger partial charge in [-0.15, -0.1) is 15.3 Å². The van der Waals surface area contributed by atoms with Crippen LogP contribution in [0.4, 0.5) is 5.69 Å². The second-order valence-electron chi connectivity index (χ2n) is 5.19.